The fourth-order valence-electron chi connectivity index (χ4n) is 1.13. The molecule has 13 heavy (non-hydrogen) atoms. The summed E-state index contributed by atoms with van der Waals surface area (Å²) in [6, 6.07) is 5.68. The Morgan fingerprint density at radius 3 is 2.46 bits per heavy atom. The third-order valence-electron chi connectivity index (χ3n) is 1.72. The molecule has 0 radical (unpaired) electrons. The van der Waals surface area contributed by atoms with Crippen LogP contribution >= 0.6 is 0 Å². The van der Waals surface area contributed by atoms with E-state index in [0.717, 1.165) is 17.1 Å². The molecule has 0 amide bonds. The second-order valence-electron chi connectivity index (χ2n) is 2.76. The average molecular weight is 171 g/mol. The first-order valence-electron chi connectivity index (χ1n) is 4.06. The SMILES string of the molecule is Cc1cc(-c2ncccn2)ccn1. The van der Waals surface area contributed by atoms with Gasteiger partial charge in [-0.2, -0.15) is 0 Å². The van der Waals surface area contributed by atoms with Crippen LogP contribution in [0, 0.1) is 6.92 Å². The van der Waals surface area contributed by atoms with E-state index < -0.39 is 0 Å². The molecule has 0 bridgehead atoms. The van der Waals surface area contributed by atoms with Gasteiger partial charge in [-0.05, 0) is 25.1 Å². The monoisotopic (exact) mass is 171 g/mol. The predicted octanol–water partition coefficient (Wildman–Crippen LogP) is 1.85. The molecule has 0 saturated carbocycles. The highest BCUT2D eigenvalue weighted by Crippen LogP contribution is 2.12. The summed E-state index contributed by atoms with van der Waals surface area (Å²) in [5.41, 5.74) is 1.98. The van der Waals surface area contributed by atoms with Crippen LogP contribution in [0.25, 0.3) is 11.4 Å². The largest absolute Gasteiger partial charge is 0.262 e. The van der Waals surface area contributed by atoms with Crippen LogP contribution in [0.15, 0.2) is 36.8 Å². The van der Waals surface area contributed by atoms with Crippen molar-refractivity contribution in [1.82, 2.24) is 15.0 Å². The Kier molecular flexibility index (Phi) is 2.00. The van der Waals surface area contributed by atoms with Crippen molar-refractivity contribution < 1.29 is 0 Å². The predicted molar refractivity (Wildman–Crippen MR) is 50.0 cm³/mol. The van der Waals surface area contributed by atoms with E-state index in [2.05, 4.69) is 15.0 Å². The summed E-state index contributed by atoms with van der Waals surface area (Å²) in [5, 5.41) is 0. The lowest BCUT2D eigenvalue weighted by molar-refractivity contribution is 1.15. The lowest BCUT2D eigenvalue weighted by Crippen LogP contribution is -1.88. The number of aryl methyl sites for hydroxylation is 1. The van der Waals surface area contributed by atoms with Crippen molar-refractivity contribution in [2.75, 3.05) is 0 Å². The molecule has 0 aliphatic rings. The Morgan fingerprint density at radius 2 is 1.77 bits per heavy atom. The highest BCUT2D eigenvalue weighted by atomic mass is 14.9. The summed E-state index contributed by atoms with van der Waals surface area (Å²) in [6.45, 7) is 1.95. The maximum Gasteiger partial charge on any atom is 0.159 e. The summed E-state index contributed by atoms with van der Waals surface area (Å²) in [4.78, 5) is 12.4. The molecule has 0 aromatic carbocycles. The van der Waals surface area contributed by atoms with Crippen LogP contribution in [0.4, 0.5) is 0 Å². The van der Waals surface area contributed by atoms with Gasteiger partial charge in [-0.25, -0.2) is 9.97 Å². The zero-order chi connectivity index (χ0) is 9.10. The van der Waals surface area contributed by atoms with Gasteiger partial charge in [0.2, 0.25) is 0 Å². The molecule has 3 heteroatoms. The minimum atomic E-state index is 0.744. The maximum atomic E-state index is 4.15. The minimum Gasteiger partial charge on any atom is -0.262 e. The first kappa shape index (κ1) is 7.86. The van der Waals surface area contributed by atoms with Crippen molar-refractivity contribution in [3.63, 3.8) is 0 Å². The number of pyridine rings is 1. The van der Waals surface area contributed by atoms with E-state index in [1.807, 2.05) is 19.1 Å². The molecule has 0 fully saturated rings. The lowest BCUT2D eigenvalue weighted by Gasteiger charge is -1.98. The van der Waals surface area contributed by atoms with E-state index >= 15 is 0 Å². The second-order valence-corrected chi connectivity index (χ2v) is 2.76. The van der Waals surface area contributed by atoms with Crippen molar-refractivity contribution in [2.24, 2.45) is 0 Å². The first-order valence-corrected chi connectivity index (χ1v) is 4.06. The quantitative estimate of drug-likeness (QED) is 0.657. The fourth-order valence-corrected chi connectivity index (χ4v) is 1.13. The Bertz CT molecular complexity index is 398. The van der Waals surface area contributed by atoms with Crippen LogP contribution in [-0.2, 0) is 0 Å². The van der Waals surface area contributed by atoms with Gasteiger partial charge in [0, 0.05) is 29.8 Å². The number of aromatic nitrogens is 3. The van der Waals surface area contributed by atoms with Crippen LogP contribution in [-0.4, -0.2) is 15.0 Å². The smallest absolute Gasteiger partial charge is 0.159 e. The molecule has 0 spiro atoms. The van der Waals surface area contributed by atoms with Gasteiger partial charge in [0.15, 0.2) is 5.82 Å². The van der Waals surface area contributed by atoms with Gasteiger partial charge in [0.1, 0.15) is 0 Å². The molecular formula is C10H9N3. The zero-order valence-electron chi connectivity index (χ0n) is 7.31. The van der Waals surface area contributed by atoms with E-state index in [1.165, 1.54) is 0 Å². The minimum absolute atomic E-state index is 0.744. The number of nitrogens with zero attached hydrogens (tertiary/aromatic N) is 3. The first-order chi connectivity index (χ1) is 6.36. The number of rotatable bonds is 1. The van der Waals surface area contributed by atoms with Gasteiger partial charge in [0.05, 0.1) is 0 Å². The standard InChI is InChI=1S/C10H9N3/c1-8-7-9(3-6-11-8)10-12-4-2-5-13-10/h2-7H,1H3. The Balaban J connectivity index is 2.48. The van der Waals surface area contributed by atoms with E-state index in [9.17, 15) is 0 Å². The average Bonchev–Trinajstić information content (AvgIpc) is 2.19. The summed E-state index contributed by atoms with van der Waals surface area (Å²) in [7, 11) is 0. The van der Waals surface area contributed by atoms with Crippen LogP contribution in [0.3, 0.4) is 0 Å². The summed E-state index contributed by atoms with van der Waals surface area (Å²) in [6.07, 6.45) is 5.23. The van der Waals surface area contributed by atoms with Crippen molar-refractivity contribution >= 4 is 0 Å². The lowest BCUT2D eigenvalue weighted by atomic mass is 10.2. The van der Waals surface area contributed by atoms with Crippen molar-refractivity contribution in [3.8, 4) is 11.4 Å². The van der Waals surface area contributed by atoms with Gasteiger partial charge in [-0.15, -0.1) is 0 Å². The van der Waals surface area contributed by atoms with E-state index in [1.54, 1.807) is 24.7 Å². The van der Waals surface area contributed by atoms with E-state index in [0.29, 0.717) is 0 Å². The maximum absolute atomic E-state index is 4.15. The molecule has 2 aromatic heterocycles. The third-order valence-corrected chi connectivity index (χ3v) is 1.72. The third kappa shape index (κ3) is 1.69. The van der Waals surface area contributed by atoms with E-state index in [4.69, 9.17) is 0 Å². The molecule has 0 aliphatic carbocycles. The highest BCUT2D eigenvalue weighted by Gasteiger charge is 1.98. The molecular weight excluding hydrogens is 162 g/mol. The summed E-state index contributed by atoms with van der Waals surface area (Å²) >= 11 is 0. The Morgan fingerprint density at radius 1 is 1.00 bits per heavy atom. The molecule has 0 N–H and O–H groups in total. The van der Waals surface area contributed by atoms with Gasteiger partial charge in [-0.3, -0.25) is 4.98 Å². The van der Waals surface area contributed by atoms with Crippen LogP contribution in [0.1, 0.15) is 5.69 Å². The van der Waals surface area contributed by atoms with Crippen molar-refractivity contribution in [1.29, 1.82) is 0 Å². The fraction of sp³-hybridized carbons (Fsp3) is 0.100. The van der Waals surface area contributed by atoms with Gasteiger partial charge >= 0.3 is 0 Å². The normalized spacial score (nSPS) is 9.92. The topological polar surface area (TPSA) is 38.7 Å². The van der Waals surface area contributed by atoms with Gasteiger partial charge in [-0.1, -0.05) is 0 Å². The Hall–Kier alpha value is -1.77. The second kappa shape index (κ2) is 3.31. The van der Waals surface area contributed by atoms with Crippen LogP contribution in [0.5, 0.6) is 0 Å². The van der Waals surface area contributed by atoms with Crippen LogP contribution < -0.4 is 0 Å². The molecule has 2 heterocycles. The molecule has 0 aliphatic heterocycles. The number of hydrogen-bond acceptors (Lipinski definition) is 3. The molecule has 2 aromatic rings. The van der Waals surface area contributed by atoms with E-state index in [-0.39, 0.29) is 0 Å². The molecule has 0 unspecified atom stereocenters. The van der Waals surface area contributed by atoms with Crippen molar-refractivity contribution in [3.05, 3.63) is 42.5 Å². The molecule has 0 atom stereocenters. The molecule has 0 saturated heterocycles. The highest BCUT2D eigenvalue weighted by molar-refractivity contribution is 5.53. The van der Waals surface area contributed by atoms with Crippen molar-refractivity contribution in [2.45, 2.75) is 6.92 Å². The summed E-state index contributed by atoms with van der Waals surface area (Å²) in [5.74, 6) is 0.744. The van der Waals surface area contributed by atoms with Crippen LogP contribution in [0.2, 0.25) is 0 Å². The molecule has 3 nitrogen and oxygen atoms in total. The van der Waals surface area contributed by atoms with Gasteiger partial charge < -0.3 is 0 Å². The zero-order valence-corrected chi connectivity index (χ0v) is 7.31. The Labute approximate surface area is 76.5 Å². The number of hydrogen-bond donors (Lipinski definition) is 0. The molecule has 64 valence electrons. The summed E-state index contributed by atoms with van der Waals surface area (Å²) < 4.78 is 0. The van der Waals surface area contributed by atoms with Gasteiger partial charge in [0.25, 0.3) is 0 Å². The molecule has 2 rings (SSSR count).